The lowest BCUT2D eigenvalue weighted by atomic mass is 9.54. The van der Waals surface area contributed by atoms with Gasteiger partial charge < -0.3 is 9.50 Å². The van der Waals surface area contributed by atoms with E-state index >= 15 is 0 Å². The summed E-state index contributed by atoms with van der Waals surface area (Å²) in [5.74, 6) is 2.26. The van der Waals surface area contributed by atoms with Crippen LogP contribution in [0.25, 0.3) is 0 Å². The van der Waals surface area contributed by atoms with Crippen molar-refractivity contribution in [1.29, 1.82) is 0 Å². The van der Waals surface area contributed by atoms with E-state index in [1.807, 2.05) is 26.0 Å². The van der Waals surface area contributed by atoms with Gasteiger partial charge in [0, 0.05) is 12.0 Å². The Morgan fingerprint density at radius 2 is 2.00 bits per heavy atom. The minimum atomic E-state index is -4.01. The molecule has 1 aromatic carbocycles. The second-order valence-electron chi connectivity index (χ2n) is 9.69. The number of nitrogens with two attached hydrogens (primary N) is 1. The van der Waals surface area contributed by atoms with Gasteiger partial charge in [0.25, 0.3) is 0 Å². The Balaban J connectivity index is 1.56. The fourth-order valence-corrected chi connectivity index (χ4v) is 6.93. The largest absolute Gasteiger partial charge is 0.380 e. The highest BCUT2D eigenvalue weighted by atomic mass is 32.2. The molecule has 5 atom stereocenters. The minimum Gasteiger partial charge on any atom is -0.371 e. The minimum absolute atomic E-state index is 0.0777. The Morgan fingerprint density at radius 3 is 2.69 bits per heavy atom. The van der Waals surface area contributed by atoms with Crippen molar-refractivity contribution in [1.82, 2.24) is 5.32 Å². The molecule has 7 heteroatoms. The number of rotatable bonds is 4. The van der Waals surface area contributed by atoms with E-state index in [4.69, 9.17) is 9.32 Å². The molecule has 4 rings (SSSR count). The van der Waals surface area contributed by atoms with Gasteiger partial charge in [0.05, 0.1) is 0 Å². The molecule has 29 heavy (non-hydrogen) atoms. The Morgan fingerprint density at radius 1 is 1.24 bits per heavy atom. The van der Waals surface area contributed by atoms with Crippen LogP contribution >= 0.6 is 0 Å². The van der Waals surface area contributed by atoms with Crippen molar-refractivity contribution in [2.45, 2.75) is 71.3 Å². The van der Waals surface area contributed by atoms with Gasteiger partial charge in [-0.2, -0.15) is 13.6 Å². The topological polar surface area (TPSA) is 98.5 Å². The first-order chi connectivity index (χ1) is 13.6. The maximum atomic E-state index is 12.8. The molecular formula is C22H32N2O4S. The summed E-state index contributed by atoms with van der Waals surface area (Å²) in [5, 5.41) is 8.15. The summed E-state index contributed by atoms with van der Waals surface area (Å²) in [4.78, 5) is 12.8. The van der Waals surface area contributed by atoms with Crippen molar-refractivity contribution in [2.24, 2.45) is 28.3 Å². The summed E-state index contributed by atoms with van der Waals surface area (Å²) in [6.45, 7) is 6.38. The van der Waals surface area contributed by atoms with E-state index in [0.717, 1.165) is 38.5 Å². The molecule has 0 spiro atoms. The summed E-state index contributed by atoms with van der Waals surface area (Å²) in [5.41, 5.74) is 2.57. The van der Waals surface area contributed by atoms with E-state index < -0.39 is 10.3 Å². The number of fused-ring (bicyclic) bond motifs is 5. The Kier molecular flexibility index (Phi) is 5.18. The molecule has 160 valence electrons. The summed E-state index contributed by atoms with van der Waals surface area (Å²) in [6, 6.07) is 5.74. The molecule has 0 saturated heterocycles. The van der Waals surface area contributed by atoms with E-state index in [0.29, 0.717) is 17.8 Å². The number of hydrogen-bond donors (Lipinski definition) is 2. The zero-order valence-electron chi connectivity index (χ0n) is 17.5. The van der Waals surface area contributed by atoms with Crippen LogP contribution in [0.15, 0.2) is 18.2 Å². The van der Waals surface area contributed by atoms with E-state index in [9.17, 15) is 13.2 Å². The number of carbonyl (C=O) groups excluding carboxylic acids is 1. The highest BCUT2D eigenvalue weighted by molar-refractivity contribution is 7.84. The molecule has 1 amide bonds. The van der Waals surface area contributed by atoms with Crippen molar-refractivity contribution in [3.05, 3.63) is 29.3 Å². The van der Waals surface area contributed by atoms with Crippen molar-refractivity contribution in [3.63, 3.8) is 0 Å². The van der Waals surface area contributed by atoms with E-state index in [1.54, 1.807) is 6.07 Å². The maximum Gasteiger partial charge on any atom is 0.380 e. The predicted octanol–water partition coefficient (Wildman–Crippen LogP) is 3.27. The molecule has 0 aromatic heterocycles. The van der Waals surface area contributed by atoms with Gasteiger partial charge in [0.2, 0.25) is 5.91 Å². The lowest BCUT2D eigenvalue weighted by Gasteiger charge is -2.50. The summed E-state index contributed by atoms with van der Waals surface area (Å²) < 4.78 is 27.3. The number of amides is 1. The van der Waals surface area contributed by atoms with Gasteiger partial charge in [0.15, 0.2) is 0 Å². The Labute approximate surface area is 173 Å². The molecule has 3 N–H and O–H groups in total. The zero-order chi connectivity index (χ0) is 21.0. The van der Waals surface area contributed by atoms with Crippen LogP contribution < -0.4 is 14.6 Å². The third-order valence-electron chi connectivity index (χ3n) is 7.66. The van der Waals surface area contributed by atoms with Gasteiger partial charge in [-0.05, 0) is 98.8 Å². The van der Waals surface area contributed by atoms with Crippen LogP contribution in [0, 0.1) is 23.2 Å². The molecule has 0 heterocycles. The van der Waals surface area contributed by atoms with Gasteiger partial charge >= 0.3 is 10.3 Å². The highest BCUT2D eigenvalue weighted by Crippen LogP contribution is 2.63. The number of carbonyl (C=O) groups is 1. The van der Waals surface area contributed by atoms with Crippen molar-refractivity contribution in [2.75, 3.05) is 0 Å². The third-order valence-corrected chi connectivity index (χ3v) is 8.08. The molecule has 0 radical (unpaired) electrons. The molecule has 0 bridgehead atoms. The van der Waals surface area contributed by atoms with E-state index in [-0.39, 0.29) is 29.0 Å². The van der Waals surface area contributed by atoms with E-state index in [1.165, 1.54) is 11.1 Å². The monoisotopic (exact) mass is 420 g/mol. The van der Waals surface area contributed by atoms with Crippen LogP contribution in [-0.4, -0.2) is 20.4 Å². The van der Waals surface area contributed by atoms with Crippen LogP contribution in [0.5, 0.6) is 5.75 Å². The number of aryl methyl sites for hydroxylation is 1. The van der Waals surface area contributed by atoms with Gasteiger partial charge in [-0.15, -0.1) is 0 Å². The van der Waals surface area contributed by atoms with Crippen molar-refractivity contribution < 1.29 is 17.4 Å². The van der Waals surface area contributed by atoms with Gasteiger partial charge in [-0.3, -0.25) is 4.79 Å². The number of benzene rings is 1. The average Bonchev–Trinajstić information content (AvgIpc) is 2.96. The first-order valence-electron chi connectivity index (χ1n) is 10.7. The first kappa shape index (κ1) is 20.7. The van der Waals surface area contributed by atoms with Gasteiger partial charge in [-0.25, -0.2) is 0 Å². The predicted molar refractivity (Wildman–Crippen MR) is 112 cm³/mol. The molecule has 3 aliphatic carbocycles. The Hall–Kier alpha value is -1.60. The smallest absolute Gasteiger partial charge is 0.371 e. The molecule has 5 unspecified atom stereocenters. The van der Waals surface area contributed by atoms with Crippen LogP contribution in [0.1, 0.15) is 69.9 Å². The second-order valence-corrected chi connectivity index (χ2v) is 10.8. The number of nitrogens with one attached hydrogen (secondary N) is 1. The Bertz CT molecular complexity index is 913. The fourth-order valence-electron chi connectivity index (χ4n) is 6.56. The van der Waals surface area contributed by atoms with Crippen LogP contribution in [0.3, 0.4) is 0 Å². The third kappa shape index (κ3) is 3.79. The van der Waals surface area contributed by atoms with E-state index in [2.05, 4.69) is 12.2 Å². The van der Waals surface area contributed by atoms with Crippen molar-refractivity contribution >= 4 is 16.2 Å². The molecule has 0 aliphatic heterocycles. The molecule has 2 fully saturated rings. The van der Waals surface area contributed by atoms with Crippen LogP contribution in [-0.2, 0) is 21.5 Å². The lowest BCUT2D eigenvalue weighted by molar-refractivity contribution is -0.130. The molecule has 6 nitrogen and oxygen atoms in total. The van der Waals surface area contributed by atoms with Gasteiger partial charge in [-0.1, -0.05) is 13.0 Å². The second kappa shape index (κ2) is 7.27. The zero-order valence-corrected chi connectivity index (χ0v) is 18.3. The molecule has 2 saturated carbocycles. The molecular weight excluding hydrogens is 388 g/mol. The lowest BCUT2D eigenvalue weighted by Crippen LogP contribution is -2.47. The highest BCUT2D eigenvalue weighted by Gasteiger charge is 2.56. The first-order valence-corrected chi connectivity index (χ1v) is 12.2. The maximum absolute atomic E-state index is 12.8. The van der Waals surface area contributed by atoms with Gasteiger partial charge in [0.1, 0.15) is 5.75 Å². The quantitative estimate of drug-likeness (QED) is 0.781. The summed E-state index contributed by atoms with van der Waals surface area (Å²) >= 11 is 0. The SMILES string of the molecule is CC(C)NC(=O)C1CCC2C3CCc4cc(OS(N)(=O)=O)ccc4C3CCC12C. The molecule has 1 aromatic rings. The average molecular weight is 421 g/mol. The molecule has 3 aliphatic rings. The standard InChI is InChI=1S/C22H32N2O4S/c1-13(2)24-21(25)20-9-8-19-18-6-4-14-12-15(28-29(23,26)27)5-7-16(14)17(18)10-11-22(19,20)3/h5,7,12-13,17-20H,4,6,8-11H2,1-3H3,(H,24,25)(H2,23,26,27). The number of hydrogen-bond acceptors (Lipinski definition) is 4. The summed E-state index contributed by atoms with van der Waals surface area (Å²) in [7, 11) is -4.01. The fraction of sp³-hybridized carbons (Fsp3) is 0.682. The normalized spacial score (nSPS) is 33.6. The van der Waals surface area contributed by atoms with Crippen LogP contribution in [0.2, 0.25) is 0 Å². The van der Waals surface area contributed by atoms with Crippen LogP contribution in [0.4, 0.5) is 0 Å². The summed E-state index contributed by atoms with van der Waals surface area (Å²) in [6.07, 6.45) is 6.23. The van der Waals surface area contributed by atoms with Crippen molar-refractivity contribution in [3.8, 4) is 5.75 Å².